The van der Waals surface area contributed by atoms with E-state index in [4.69, 9.17) is 4.74 Å². The van der Waals surface area contributed by atoms with Crippen molar-refractivity contribution >= 4 is 39.5 Å². The second kappa shape index (κ2) is 13.0. The van der Waals surface area contributed by atoms with Crippen LogP contribution in [0.5, 0.6) is 5.75 Å². The van der Waals surface area contributed by atoms with Crippen LogP contribution in [-0.2, 0) is 21.9 Å². The average molecular weight is 534 g/mol. The Bertz CT molecular complexity index is 899. The second-order valence-corrected chi connectivity index (χ2v) is 10.3. The van der Waals surface area contributed by atoms with Crippen LogP contribution >= 0.6 is 27.7 Å². The van der Waals surface area contributed by atoms with Crippen LogP contribution < -0.4 is 10.1 Å². The first-order valence-electron chi connectivity index (χ1n) is 11.5. The molecule has 1 atom stereocenters. The van der Waals surface area contributed by atoms with Gasteiger partial charge >= 0.3 is 0 Å². The fourth-order valence-corrected chi connectivity index (χ4v) is 5.27. The first-order chi connectivity index (χ1) is 16.0. The van der Waals surface area contributed by atoms with E-state index in [2.05, 4.69) is 33.4 Å². The minimum atomic E-state index is -0.478. The van der Waals surface area contributed by atoms with Crippen LogP contribution in [0.2, 0.25) is 0 Å². The standard InChI is InChI=1S/C26H33BrN2O3S/c1-3-24(26(31)28-22-6-4-5-7-22)29(16-19-10-14-23(32-2)15-11-19)25(30)18-33-17-20-8-12-21(27)13-9-20/h8-15,22,24H,3-7,16-18H2,1-2H3,(H,28,31). The van der Waals surface area contributed by atoms with E-state index in [1.54, 1.807) is 23.8 Å². The lowest BCUT2D eigenvalue weighted by Crippen LogP contribution is -2.51. The molecule has 33 heavy (non-hydrogen) atoms. The normalized spacial score (nSPS) is 14.6. The molecule has 0 spiro atoms. The Balaban J connectivity index is 1.69. The summed E-state index contributed by atoms with van der Waals surface area (Å²) in [5.74, 6) is 1.80. The first-order valence-corrected chi connectivity index (χ1v) is 13.5. The molecule has 7 heteroatoms. The van der Waals surface area contributed by atoms with Crippen LogP contribution in [0.25, 0.3) is 0 Å². The highest BCUT2D eigenvalue weighted by atomic mass is 79.9. The predicted octanol–water partition coefficient (Wildman–Crippen LogP) is 5.56. The highest BCUT2D eigenvalue weighted by Crippen LogP contribution is 2.22. The third kappa shape index (κ3) is 7.78. The summed E-state index contributed by atoms with van der Waals surface area (Å²) >= 11 is 5.03. The maximum Gasteiger partial charge on any atom is 0.243 e. The Morgan fingerprint density at radius 2 is 1.73 bits per heavy atom. The van der Waals surface area contributed by atoms with Crippen molar-refractivity contribution in [1.82, 2.24) is 10.2 Å². The van der Waals surface area contributed by atoms with Gasteiger partial charge in [0.05, 0.1) is 12.9 Å². The van der Waals surface area contributed by atoms with Gasteiger partial charge in [-0.15, -0.1) is 11.8 Å². The molecule has 1 saturated carbocycles. The molecule has 0 radical (unpaired) electrons. The van der Waals surface area contributed by atoms with E-state index in [9.17, 15) is 9.59 Å². The van der Waals surface area contributed by atoms with E-state index < -0.39 is 6.04 Å². The molecule has 178 valence electrons. The number of methoxy groups -OCH3 is 1. The molecule has 1 unspecified atom stereocenters. The van der Waals surface area contributed by atoms with Crippen molar-refractivity contribution in [2.75, 3.05) is 12.9 Å². The van der Waals surface area contributed by atoms with Gasteiger partial charge in [0.2, 0.25) is 11.8 Å². The zero-order valence-corrected chi connectivity index (χ0v) is 21.8. The number of ether oxygens (including phenoxy) is 1. The summed E-state index contributed by atoms with van der Waals surface area (Å²) < 4.78 is 6.29. The molecular weight excluding hydrogens is 500 g/mol. The third-order valence-electron chi connectivity index (χ3n) is 6.01. The molecule has 3 rings (SSSR count). The molecule has 1 aliphatic rings. The summed E-state index contributed by atoms with van der Waals surface area (Å²) in [5.41, 5.74) is 2.15. The second-order valence-electron chi connectivity index (χ2n) is 8.40. The maximum absolute atomic E-state index is 13.3. The summed E-state index contributed by atoms with van der Waals surface area (Å²) in [6, 6.07) is 15.6. The minimum absolute atomic E-state index is 0.0126. The van der Waals surface area contributed by atoms with Gasteiger partial charge < -0.3 is 15.0 Å². The lowest BCUT2D eigenvalue weighted by atomic mass is 10.1. The minimum Gasteiger partial charge on any atom is -0.497 e. The monoisotopic (exact) mass is 532 g/mol. The number of benzene rings is 2. The van der Waals surface area contributed by atoms with E-state index >= 15 is 0 Å². The molecule has 0 aromatic heterocycles. The van der Waals surface area contributed by atoms with Gasteiger partial charge in [-0.3, -0.25) is 9.59 Å². The molecular formula is C26H33BrN2O3S. The van der Waals surface area contributed by atoms with Crippen molar-refractivity contribution < 1.29 is 14.3 Å². The largest absolute Gasteiger partial charge is 0.497 e. The third-order valence-corrected chi connectivity index (χ3v) is 7.52. The lowest BCUT2D eigenvalue weighted by Gasteiger charge is -2.31. The van der Waals surface area contributed by atoms with Crippen LogP contribution in [0.3, 0.4) is 0 Å². The predicted molar refractivity (Wildman–Crippen MR) is 138 cm³/mol. The average Bonchev–Trinajstić information content (AvgIpc) is 3.33. The van der Waals surface area contributed by atoms with Crippen molar-refractivity contribution in [2.24, 2.45) is 0 Å². The molecule has 1 fully saturated rings. The van der Waals surface area contributed by atoms with Gasteiger partial charge in [-0.05, 0) is 54.7 Å². The van der Waals surface area contributed by atoms with E-state index in [0.717, 1.165) is 47.2 Å². The number of hydrogen-bond donors (Lipinski definition) is 1. The van der Waals surface area contributed by atoms with Gasteiger partial charge in [0.15, 0.2) is 0 Å². The zero-order chi connectivity index (χ0) is 23.6. The fourth-order valence-electron chi connectivity index (χ4n) is 4.13. The van der Waals surface area contributed by atoms with Crippen LogP contribution in [0.15, 0.2) is 53.0 Å². The van der Waals surface area contributed by atoms with Gasteiger partial charge in [0, 0.05) is 22.8 Å². The van der Waals surface area contributed by atoms with Gasteiger partial charge in [-0.25, -0.2) is 0 Å². The zero-order valence-electron chi connectivity index (χ0n) is 19.4. The molecule has 0 saturated heterocycles. The maximum atomic E-state index is 13.3. The first kappa shape index (κ1) is 25.6. The Kier molecular flexibility index (Phi) is 10.1. The quantitative estimate of drug-likeness (QED) is 0.411. The Labute approximate surface area is 209 Å². The summed E-state index contributed by atoms with van der Waals surface area (Å²) in [6.07, 6.45) is 4.94. The van der Waals surface area contributed by atoms with Crippen molar-refractivity contribution in [3.05, 3.63) is 64.1 Å². The number of carbonyl (C=O) groups is 2. The fraction of sp³-hybridized carbons (Fsp3) is 0.462. The summed E-state index contributed by atoms with van der Waals surface area (Å²) in [4.78, 5) is 28.3. The van der Waals surface area contributed by atoms with Gasteiger partial charge in [0.25, 0.3) is 0 Å². The Morgan fingerprint density at radius 3 is 2.33 bits per heavy atom. The lowest BCUT2D eigenvalue weighted by molar-refractivity contribution is -0.139. The van der Waals surface area contributed by atoms with E-state index in [1.807, 2.05) is 43.3 Å². The number of amides is 2. The van der Waals surface area contributed by atoms with E-state index in [1.165, 1.54) is 5.56 Å². The van der Waals surface area contributed by atoms with Crippen molar-refractivity contribution in [3.8, 4) is 5.75 Å². The number of nitrogens with zero attached hydrogens (tertiary/aromatic N) is 1. The smallest absolute Gasteiger partial charge is 0.243 e. The molecule has 2 aromatic carbocycles. The SMILES string of the molecule is CCC(C(=O)NC1CCCC1)N(Cc1ccc(OC)cc1)C(=O)CSCc1ccc(Br)cc1. The molecule has 1 N–H and O–H groups in total. The van der Waals surface area contributed by atoms with Crippen LogP contribution in [-0.4, -0.2) is 41.7 Å². The van der Waals surface area contributed by atoms with Crippen LogP contribution in [0, 0.1) is 0 Å². The summed E-state index contributed by atoms with van der Waals surface area (Å²) in [5, 5.41) is 3.19. The number of carbonyl (C=O) groups excluding carboxylic acids is 2. The molecule has 0 aliphatic heterocycles. The molecule has 2 amide bonds. The molecule has 5 nitrogen and oxygen atoms in total. The number of halogens is 1. The highest BCUT2D eigenvalue weighted by molar-refractivity contribution is 9.10. The highest BCUT2D eigenvalue weighted by Gasteiger charge is 2.30. The van der Waals surface area contributed by atoms with Crippen LogP contribution in [0.1, 0.15) is 50.2 Å². The topological polar surface area (TPSA) is 58.6 Å². The van der Waals surface area contributed by atoms with Gasteiger partial charge in [-0.1, -0.05) is 60.0 Å². The van der Waals surface area contributed by atoms with Crippen LogP contribution in [0.4, 0.5) is 0 Å². The Hall–Kier alpha value is -1.99. The number of nitrogens with one attached hydrogen (secondary N) is 1. The molecule has 0 heterocycles. The number of hydrogen-bond acceptors (Lipinski definition) is 4. The van der Waals surface area contributed by atoms with Crippen molar-refractivity contribution in [3.63, 3.8) is 0 Å². The molecule has 0 bridgehead atoms. The molecule has 2 aromatic rings. The van der Waals surface area contributed by atoms with Gasteiger partial charge in [-0.2, -0.15) is 0 Å². The molecule has 1 aliphatic carbocycles. The number of rotatable bonds is 11. The Morgan fingerprint density at radius 1 is 1.09 bits per heavy atom. The summed E-state index contributed by atoms with van der Waals surface area (Å²) in [7, 11) is 1.63. The number of thioether (sulfide) groups is 1. The van der Waals surface area contributed by atoms with E-state index in [-0.39, 0.29) is 17.9 Å². The van der Waals surface area contributed by atoms with E-state index in [0.29, 0.717) is 18.7 Å². The van der Waals surface area contributed by atoms with Gasteiger partial charge in [0.1, 0.15) is 11.8 Å². The van der Waals surface area contributed by atoms with Crippen molar-refractivity contribution in [2.45, 2.75) is 63.4 Å². The summed E-state index contributed by atoms with van der Waals surface area (Å²) in [6.45, 7) is 2.38. The van der Waals surface area contributed by atoms with Crippen molar-refractivity contribution in [1.29, 1.82) is 0 Å².